The van der Waals surface area contributed by atoms with E-state index in [0.29, 0.717) is 0 Å². The molecule has 0 unspecified atom stereocenters. The number of hydrogen-bond acceptors (Lipinski definition) is 2. The highest BCUT2D eigenvalue weighted by Crippen LogP contribution is 2.47. The van der Waals surface area contributed by atoms with Gasteiger partial charge in [0.05, 0.1) is 11.0 Å². The third kappa shape index (κ3) is 6.50. The van der Waals surface area contributed by atoms with Gasteiger partial charge in [-0.1, -0.05) is 176 Å². The second kappa shape index (κ2) is 15.5. The Kier molecular flexibility index (Phi) is 9.06. The average Bonchev–Trinajstić information content (AvgIpc) is 3.90. The van der Waals surface area contributed by atoms with Crippen LogP contribution in [0.25, 0.3) is 92.2 Å². The molecule has 0 aliphatic heterocycles. The van der Waals surface area contributed by atoms with Gasteiger partial charge in [0.1, 0.15) is 0 Å². The molecule has 12 rings (SSSR count). The summed E-state index contributed by atoms with van der Waals surface area (Å²) in [6.45, 7) is 0. The Morgan fingerprint density at radius 1 is 0.302 bits per heavy atom. The van der Waals surface area contributed by atoms with E-state index >= 15 is 0 Å². The number of rotatable bonds is 8. The van der Waals surface area contributed by atoms with Gasteiger partial charge in [0.2, 0.25) is 0 Å². The molecule has 0 saturated carbocycles. The predicted octanol–water partition coefficient (Wildman–Crippen LogP) is 17.3. The Bertz CT molecular complexity index is 3590. The zero-order valence-electron chi connectivity index (χ0n) is 34.4. The lowest BCUT2D eigenvalue weighted by atomic mass is 9.93. The van der Waals surface area contributed by atoms with E-state index in [1.165, 1.54) is 81.0 Å². The molecule has 2 nitrogen and oxygen atoms in total. The highest BCUT2D eigenvalue weighted by Gasteiger charge is 2.23. The molecule has 0 spiro atoms. The summed E-state index contributed by atoms with van der Waals surface area (Å²) in [7, 11) is 0. The zero-order valence-corrected chi connectivity index (χ0v) is 35.2. The van der Waals surface area contributed by atoms with Crippen molar-refractivity contribution in [2.75, 3.05) is 4.90 Å². The van der Waals surface area contributed by atoms with Crippen molar-refractivity contribution in [1.29, 1.82) is 0 Å². The second-order valence-electron chi connectivity index (χ2n) is 16.1. The fourth-order valence-electron chi connectivity index (χ4n) is 9.45. The minimum Gasteiger partial charge on any atom is -0.310 e. The van der Waals surface area contributed by atoms with Gasteiger partial charge < -0.3 is 9.47 Å². The normalized spacial score (nSPS) is 11.5. The first-order valence-corrected chi connectivity index (χ1v) is 22.3. The van der Waals surface area contributed by atoms with Crippen LogP contribution in [0.15, 0.2) is 243 Å². The molecule has 0 fully saturated rings. The van der Waals surface area contributed by atoms with Crippen LogP contribution in [0.1, 0.15) is 0 Å². The third-order valence-electron chi connectivity index (χ3n) is 12.4. The molecule has 296 valence electrons. The van der Waals surface area contributed by atoms with Crippen LogP contribution < -0.4 is 4.90 Å². The van der Waals surface area contributed by atoms with E-state index in [1.807, 2.05) is 11.3 Å². The molecule has 0 atom stereocenters. The molecule has 10 aromatic carbocycles. The molecule has 0 aliphatic carbocycles. The molecule has 0 aliphatic rings. The molecule has 63 heavy (non-hydrogen) atoms. The number of anilines is 3. The SMILES string of the molecule is c1ccc(-c2cc(-c3ccccc3)c3c(c2)c2ccc(N(c4ccc(-c5ccccc5)c(-c5ccccc5)c4)c4ccc5c(c4)sc4ccccc45)cc2n3-c2ccccc2)cc1. The number of para-hydroxylation sites is 1. The van der Waals surface area contributed by atoms with Crippen LogP contribution in [-0.2, 0) is 0 Å². The van der Waals surface area contributed by atoms with Gasteiger partial charge in [0, 0.05) is 59.3 Å². The third-order valence-corrected chi connectivity index (χ3v) is 13.5. The number of fused-ring (bicyclic) bond motifs is 6. The van der Waals surface area contributed by atoms with Crippen molar-refractivity contribution in [2.24, 2.45) is 0 Å². The van der Waals surface area contributed by atoms with Crippen LogP contribution in [0.2, 0.25) is 0 Å². The maximum absolute atomic E-state index is 2.48. The molecule has 3 heteroatoms. The van der Waals surface area contributed by atoms with Crippen molar-refractivity contribution >= 4 is 70.4 Å². The Morgan fingerprint density at radius 2 is 0.810 bits per heavy atom. The van der Waals surface area contributed by atoms with Crippen LogP contribution in [0.4, 0.5) is 17.1 Å². The van der Waals surface area contributed by atoms with Crippen molar-refractivity contribution in [1.82, 2.24) is 4.57 Å². The lowest BCUT2D eigenvalue weighted by molar-refractivity contribution is 1.18. The minimum atomic E-state index is 1.08. The lowest BCUT2D eigenvalue weighted by Crippen LogP contribution is -2.10. The Balaban J connectivity index is 1.15. The first-order valence-electron chi connectivity index (χ1n) is 21.5. The standard InChI is InChI=1S/C60H40N2S/c1-6-18-41(19-7-1)45-36-55(44-24-12-4-13-25-44)60-56(37-45)51-34-31-48(39-57(51)62(60)46-26-14-5-15-27-46)61(49-32-35-53-52-28-16-17-29-58(52)63-59(53)40-49)47-30-33-50(42-20-8-2-9-21-42)54(38-47)43-22-10-3-11-23-43/h1-40H. The number of thiophene rings is 1. The van der Waals surface area contributed by atoms with Crippen LogP contribution in [0, 0.1) is 0 Å². The van der Waals surface area contributed by atoms with E-state index in [9.17, 15) is 0 Å². The summed E-state index contributed by atoms with van der Waals surface area (Å²) in [5.41, 5.74) is 16.3. The summed E-state index contributed by atoms with van der Waals surface area (Å²) in [4.78, 5) is 2.45. The summed E-state index contributed by atoms with van der Waals surface area (Å²) in [5.74, 6) is 0. The molecular formula is C60H40N2S. The van der Waals surface area contributed by atoms with Gasteiger partial charge in [0.15, 0.2) is 0 Å². The topological polar surface area (TPSA) is 8.17 Å². The monoisotopic (exact) mass is 820 g/mol. The number of hydrogen-bond donors (Lipinski definition) is 0. The fraction of sp³-hybridized carbons (Fsp3) is 0. The smallest absolute Gasteiger partial charge is 0.0619 e. The summed E-state index contributed by atoms with van der Waals surface area (Å²) in [6, 6.07) is 88.5. The van der Waals surface area contributed by atoms with Crippen molar-refractivity contribution in [3.05, 3.63) is 243 Å². The van der Waals surface area contributed by atoms with Crippen LogP contribution in [0.3, 0.4) is 0 Å². The van der Waals surface area contributed by atoms with E-state index in [2.05, 4.69) is 252 Å². The Labute approximate surface area is 370 Å². The maximum Gasteiger partial charge on any atom is 0.0619 e. The molecule has 0 N–H and O–H groups in total. The van der Waals surface area contributed by atoms with Crippen molar-refractivity contribution < 1.29 is 0 Å². The summed E-state index contributed by atoms with van der Waals surface area (Å²) in [6.07, 6.45) is 0. The average molecular weight is 821 g/mol. The van der Waals surface area contributed by atoms with Gasteiger partial charge in [-0.05, 0) is 106 Å². The van der Waals surface area contributed by atoms with Crippen molar-refractivity contribution in [2.45, 2.75) is 0 Å². The van der Waals surface area contributed by atoms with Gasteiger partial charge in [-0.3, -0.25) is 0 Å². The maximum atomic E-state index is 2.48. The second-order valence-corrected chi connectivity index (χ2v) is 17.2. The highest BCUT2D eigenvalue weighted by atomic mass is 32.1. The molecule has 0 saturated heterocycles. The van der Waals surface area contributed by atoms with Gasteiger partial charge in [-0.2, -0.15) is 0 Å². The van der Waals surface area contributed by atoms with E-state index in [-0.39, 0.29) is 0 Å². The predicted molar refractivity (Wildman–Crippen MR) is 270 cm³/mol. The summed E-state index contributed by atoms with van der Waals surface area (Å²) < 4.78 is 5.04. The van der Waals surface area contributed by atoms with Crippen molar-refractivity contribution in [3.63, 3.8) is 0 Å². The largest absolute Gasteiger partial charge is 0.310 e. The minimum absolute atomic E-state index is 1.08. The molecule has 0 amide bonds. The van der Waals surface area contributed by atoms with Gasteiger partial charge >= 0.3 is 0 Å². The van der Waals surface area contributed by atoms with Crippen LogP contribution >= 0.6 is 11.3 Å². The van der Waals surface area contributed by atoms with E-state index in [0.717, 1.165) is 28.3 Å². The quantitative estimate of drug-likeness (QED) is 0.148. The Hall–Kier alpha value is -7.98. The lowest BCUT2D eigenvalue weighted by Gasteiger charge is -2.27. The molecule has 0 bridgehead atoms. The van der Waals surface area contributed by atoms with Crippen molar-refractivity contribution in [3.8, 4) is 50.2 Å². The van der Waals surface area contributed by atoms with Crippen LogP contribution in [0.5, 0.6) is 0 Å². The van der Waals surface area contributed by atoms with Gasteiger partial charge in [-0.15, -0.1) is 11.3 Å². The van der Waals surface area contributed by atoms with E-state index < -0.39 is 0 Å². The first kappa shape index (κ1) is 36.8. The van der Waals surface area contributed by atoms with E-state index in [1.54, 1.807) is 0 Å². The highest BCUT2D eigenvalue weighted by molar-refractivity contribution is 7.25. The number of nitrogens with zero attached hydrogens (tertiary/aromatic N) is 2. The molecule has 0 radical (unpaired) electrons. The zero-order chi connectivity index (χ0) is 41.7. The summed E-state index contributed by atoms with van der Waals surface area (Å²) in [5, 5.41) is 5.01. The number of aromatic nitrogens is 1. The fourth-order valence-corrected chi connectivity index (χ4v) is 10.6. The number of benzene rings is 10. The van der Waals surface area contributed by atoms with Gasteiger partial charge in [0.25, 0.3) is 0 Å². The molecule has 12 aromatic rings. The van der Waals surface area contributed by atoms with Crippen LogP contribution in [-0.4, -0.2) is 4.57 Å². The Morgan fingerprint density at radius 3 is 1.49 bits per heavy atom. The van der Waals surface area contributed by atoms with E-state index in [4.69, 9.17) is 0 Å². The van der Waals surface area contributed by atoms with Gasteiger partial charge in [-0.25, -0.2) is 0 Å². The summed E-state index contributed by atoms with van der Waals surface area (Å²) >= 11 is 1.86. The molecular weight excluding hydrogens is 781 g/mol. The molecule has 2 heterocycles. The molecule has 2 aromatic heterocycles. The first-order chi connectivity index (χ1) is 31.2.